The number of amides is 1. The number of nitrogens with one attached hydrogen (secondary N) is 1. The first kappa shape index (κ1) is 11.9. The molecule has 1 heterocycles. The van der Waals surface area contributed by atoms with Gasteiger partial charge in [-0.15, -0.1) is 0 Å². The zero-order valence-electron chi connectivity index (χ0n) is 10.6. The van der Waals surface area contributed by atoms with Gasteiger partial charge in [-0.25, -0.2) is 0 Å². The Balaban J connectivity index is 2.39. The van der Waals surface area contributed by atoms with Crippen LogP contribution in [0.15, 0.2) is 18.2 Å². The molecule has 1 aliphatic rings. The van der Waals surface area contributed by atoms with Gasteiger partial charge < -0.3 is 16.0 Å². The molecular formula is C13H19N3O. The van der Waals surface area contributed by atoms with Crippen molar-refractivity contribution >= 4 is 17.3 Å². The lowest BCUT2D eigenvalue weighted by Gasteiger charge is -2.21. The van der Waals surface area contributed by atoms with Gasteiger partial charge in [0.1, 0.15) is 0 Å². The Bertz CT molecular complexity index is 454. The number of benzene rings is 1. The summed E-state index contributed by atoms with van der Waals surface area (Å²) in [5.41, 5.74) is 8.17. The summed E-state index contributed by atoms with van der Waals surface area (Å²) in [7, 11) is 2.01. The Morgan fingerprint density at radius 2 is 2.12 bits per heavy atom. The van der Waals surface area contributed by atoms with E-state index in [1.807, 2.05) is 33.0 Å². The highest BCUT2D eigenvalue weighted by Gasteiger charge is 2.38. The van der Waals surface area contributed by atoms with Crippen LogP contribution in [0.5, 0.6) is 0 Å². The van der Waals surface area contributed by atoms with Crippen LogP contribution in [0.1, 0.15) is 19.4 Å². The van der Waals surface area contributed by atoms with Crippen LogP contribution in [0, 0.1) is 0 Å². The van der Waals surface area contributed by atoms with Crippen molar-refractivity contribution < 1.29 is 4.79 Å². The summed E-state index contributed by atoms with van der Waals surface area (Å²) in [5.74, 6) is 0.0612. The lowest BCUT2D eigenvalue weighted by atomic mass is 9.86. The average molecular weight is 233 g/mol. The number of hydrogen-bond donors (Lipinski definition) is 2. The highest BCUT2D eigenvalue weighted by atomic mass is 16.2. The summed E-state index contributed by atoms with van der Waals surface area (Å²) < 4.78 is 0. The Hall–Kier alpha value is -1.55. The van der Waals surface area contributed by atoms with Crippen molar-refractivity contribution in [3.8, 4) is 0 Å². The van der Waals surface area contributed by atoms with E-state index < -0.39 is 5.41 Å². The fourth-order valence-electron chi connectivity index (χ4n) is 2.12. The number of carbonyl (C=O) groups excluding carboxylic acids is 1. The third-order valence-corrected chi connectivity index (χ3v) is 3.40. The molecule has 92 valence electrons. The third kappa shape index (κ3) is 1.89. The van der Waals surface area contributed by atoms with Crippen LogP contribution in [0.4, 0.5) is 11.4 Å². The van der Waals surface area contributed by atoms with E-state index in [2.05, 4.69) is 16.3 Å². The number of nitrogens with two attached hydrogens (primary N) is 1. The SMILES string of the molecule is CN(CCN)c1ccc2c(c1)C(C)(C)C(=O)N2. The second-order valence-corrected chi connectivity index (χ2v) is 5.02. The number of rotatable bonds is 3. The summed E-state index contributed by atoms with van der Waals surface area (Å²) in [5, 5.41) is 2.90. The molecule has 0 bridgehead atoms. The molecule has 1 amide bonds. The van der Waals surface area contributed by atoms with E-state index in [0.717, 1.165) is 23.5 Å². The Morgan fingerprint density at radius 3 is 2.76 bits per heavy atom. The number of nitrogens with zero attached hydrogens (tertiary/aromatic N) is 1. The first-order valence-corrected chi connectivity index (χ1v) is 5.84. The van der Waals surface area contributed by atoms with Crippen LogP contribution in [-0.2, 0) is 10.2 Å². The smallest absolute Gasteiger partial charge is 0.234 e. The predicted molar refractivity (Wildman–Crippen MR) is 70.4 cm³/mol. The number of fused-ring (bicyclic) bond motifs is 1. The molecule has 1 aromatic rings. The Morgan fingerprint density at radius 1 is 1.41 bits per heavy atom. The highest BCUT2D eigenvalue weighted by Crippen LogP contribution is 2.39. The molecule has 0 unspecified atom stereocenters. The fraction of sp³-hybridized carbons (Fsp3) is 0.462. The molecule has 4 heteroatoms. The average Bonchev–Trinajstić information content (AvgIpc) is 2.50. The minimum atomic E-state index is -0.450. The molecule has 0 spiro atoms. The molecule has 2 rings (SSSR count). The Kier molecular flexibility index (Phi) is 2.83. The summed E-state index contributed by atoms with van der Waals surface area (Å²) in [6.07, 6.45) is 0. The first-order valence-electron chi connectivity index (χ1n) is 5.84. The van der Waals surface area contributed by atoms with Gasteiger partial charge in [-0.05, 0) is 37.6 Å². The van der Waals surface area contributed by atoms with Crippen LogP contribution < -0.4 is 16.0 Å². The molecule has 3 N–H and O–H groups in total. The molecule has 4 nitrogen and oxygen atoms in total. The minimum absolute atomic E-state index is 0.0612. The van der Waals surface area contributed by atoms with Gasteiger partial charge in [-0.1, -0.05) is 0 Å². The summed E-state index contributed by atoms with van der Waals surface area (Å²) in [6, 6.07) is 6.05. The van der Waals surface area contributed by atoms with E-state index in [0.29, 0.717) is 6.54 Å². The zero-order chi connectivity index (χ0) is 12.6. The normalized spacial score (nSPS) is 16.6. The number of likely N-dealkylation sites (N-methyl/N-ethyl adjacent to an activating group) is 1. The number of hydrogen-bond acceptors (Lipinski definition) is 3. The molecule has 0 aliphatic carbocycles. The molecule has 0 atom stereocenters. The maximum absolute atomic E-state index is 11.8. The van der Waals surface area contributed by atoms with Gasteiger partial charge in [0.15, 0.2) is 0 Å². The van der Waals surface area contributed by atoms with E-state index in [-0.39, 0.29) is 5.91 Å². The lowest BCUT2D eigenvalue weighted by molar-refractivity contribution is -0.119. The van der Waals surface area contributed by atoms with Crippen LogP contribution in [0.3, 0.4) is 0 Å². The summed E-state index contributed by atoms with van der Waals surface area (Å²) in [6.45, 7) is 5.32. The maximum Gasteiger partial charge on any atom is 0.234 e. The van der Waals surface area contributed by atoms with Crippen molar-refractivity contribution in [1.29, 1.82) is 0 Å². The quantitative estimate of drug-likeness (QED) is 0.827. The Labute approximate surface area is 102 Å². The van der Waals surface area contributed by atoms with Gasteiger partial charge in [-0.3, -0.25) is 4.79 Å². The first-order chi connectivity index (χ1) is 7.96. The highest BCUT2D eigenvalue weighted by molar-refractivity contribution is 6.06. The van der Waals surface area contributed by atoms with Crippen molar-refractivity contribution in [2.45, 2.75) is 19.3 Å². The van der Waals surface area contributed by atoms with Crippen molar-refractivity contribution in [2.75, 3.05) is 30.4 Å². The monoisotopic (exact) mass is 233 g/mol. The van der Waals surface area contributed by atoms with Gasteiger partial charge in [0.25, 0.3) is 0 Å². The van der Waals surface area contributed by atoms with Crippen LogP contribution in [0.25, 0.3) is 0 Å². The van der Waals surface area contributed by atoms with E-state index in [4.69, 9.17) is 5.73 Å². The largest absolute Gasteiger partial charge is 0.373 e. The standard InChI is InChI=1S/C13H19N3O/c1-13(2)10-8-9(16(3)7-6-14)4-5-11(10)15-12(13)17/h4-5,8H,6-7,14H2,1-3H3,(H,15,17). The molecule has 17 heavy (non-hydrogen) atoms. The van der Waals surface area contributed by atoms with Crippen LogP contribution in [-0.4, -0.2) is 26.0 Å². The van der Waals surface area contributed by atoms with E-state index in [9.17, 15) is 4.79 Å². The topological polar surface area (TPSA) is 58.4 Å². The molecule has 0 fully saturated rings. The van der Waals surface area contributed by atoms with Gasteiger partial charge in [0.2, 0.25) is 5.91 Å². The number of carbonyl (C=O) groups is 1. The van der Waals surface area contributed by atoms with Gasteiger partial charge in [-0.2, -0.15) is 0 Å². The van der Waals surface area contributed by atoms with E-state index in [1.54, 1.807) is 0 Å². The summed E-state index contributed by atoms with van der Waals surface area (Å²) in [4.78, 5) is 13.9. The molecule has 1 aromatic carbocycles. The second kappa shape index (κ2) is 4.04. The van der Waals surface area contributed by atoms with Crippen LogP contribution in [0.2, 0.25) is 0 Å². The third-order valence-electron chi connectivity index (χ3n) is 3.40. The fourth-order valence-corrected chi connectivity index (χ4v) is 2.12. The van der Waals surface area contributed by atoms with Gasteiger partial charge in [0, 0.05) is 31.5 Å². The molecule has 0 saturated heterocycles. The summed E-state index contributed by atoms with van der Waals surface area (Å²) >= 11 is 0. The zero-order valence-corrected chi connectivity index (χ0v) is 10.6. The van der Waals surface area contributed by atoms with Gasteiger partial charge >= 0.3 is 0 Å². The number of anilines is 2. The lowest BCUT2D eigenvalue weighted by Crippen LogP contribution is -2.27. The molecule has 1 aliphatic heterocycles. The van der Waals surface area contributed by atoms with E-state index in [1.165, 1.54) is 0 Å². The van der Waals surface area contributed by atoms with Crippen molar-refractivity contribution in [3.05, 3.63) is 23.8 Å². The molecule has 0 radical (unpaired) electrons. The van der Waals surface area contributed by atoms with Crippen LogP contribution >= 0.6 is 0 Å². The van der Waals surface area contributed by atoms with Crippen molar-refractivity contribution in [3.63, 3.8) is 0 Å². The van der Waals surface area contributed by atoms with Gasteiger partial charge in [0.05, 0.1) is 5.41 Å². The second-order valence-electron chi connectivity index (χ2n) is 5.02. The van der Waals surface area contributed by atoms with Crippen molar-refractivity contribution in [2.24, 2.45) is 5.73 Å². The molecule has 0 saturated carbocycles. The van der Waals surface area contributed by atoms with Crippen molar-refractivity contribution in [1.82, 2.24) is 0 Å². The van der Waals surface area contributed by atoms with E-state index >= 15 is 0 Å². The molecule has 0 aromatic heterocycles. The minimum Gasteiger partial charge on any atom is -0.373 e. The predicted octanol–water partition coefficient (Wildman–Crippen LogP) is 1.31. The maximum atomic E-state index is 11.8. The molecular weight excluding hydrogens is 214 g/mol.